The van der Waals surface area contributed by atoms with E-state index in [2.05, 4.69) is 138 Å². The van der Waals surface area contributed by atoms with Crippen molar-refractivity contribution in [3.05, 3.63) is 0 Å². The minimum absolute atomic E-state index is 0.637. The fourth-order valence-electron chi connectivity index (χ4n) is 0.590. The van der Waals surface area contributed by atoms with Gasteiger partial charge in [0, 0.05) is 134 Å². The highest BCUT2D eigenvalue weighted by molar-refractivity contribution is 14.5. The molecule has 0 bridgehead atoms. The molecule has 1 nitrogen and oxygen atoms in total. The van der Waals surface area contributed by atoms with Crippen LogP contribution in [0.5, 0.6) is 0 Å². The van der Waals surface area contributed by atoms with Crippen LogP contribution in [-0.4, -0.2) is 10.3 Å². The zero-order valence-corrected chi connectivity index (χ0v) is 21.2. The second kappa shape index (κ2) is 8.26. The first kappa shape index (κ1) is 18.0. The molecule has 13 heavy (non-hydrogen) atoms. The van der Waals surface area contributed by atoms with Gasteiger partial charge in [-0.05, 0) is 9.88 Å². The minimum atomic E-state index is -0.637. The highest BCUT2D eigenvalue weighted by Crippen LogP contribution is 2.88. The average Bonchev–Trinajstić information content (AvgIpc) is 1.81. The van der Waals surface area contributed by atoms with E-state index in [1.807, 2.05) is 0 Å². The van der Waals surface area contributed by atoms with Crippen LogP contribution in [0.2, 0.25) is 0 Å². The second-order valence-corrected chi connectivity index (χ2v) is 58.1. The molecule has 0 saturated heterocycles. The molecule has 84 valence electrons. The van der Waals surface area contributed by atoms with Crippen molar-refractivity contribution in [1.82, 2.24) is 3.71 Å². The monoisotopic (exact) mass is 896 g/mol. The van der Waals surface area contributed by atoms with Gasteiger partial charge in [0.15, 0.2) is 0 Å². The Morgan fingerprint density at radius 3 is 1.54 bits per heavy atom. The van der Waals surface area contributed by atoms with Crippen LogP contribution in [0.4, 0.5) is 0 Å². The summed E-state index contributed by atoms with van der Waals surface area (Å²) in [5.74, 6) is 0. The van der Waals surface area contributed by atoms with Crippen LogP contribution in [0.25, 0.3) is 0 Å². The lowest BCUT2D eigenvalue weighted by molar-refractivity contribution is 0.668. The summed E-state index contributed by atoms with van der Waals surface area (Å²) in [5, 5.41) is 0. The van der Waals surface area contributed by atoms with Crippen molar-refractivity contribution in [2.24, 2.45) is 0 Å². The lowest BCUT2D eigenvalue weighted by Crippen LogP contribution is -2.15. The first-order valence-corrected chi connectivity index (χ1v) is 21.8. The van der Waals surface area contributed by atoms with Crippen LogP contribution in [0.3, 0.4) is 0 Å². The molecule has 0 heterocycles. The summed E-state index contributed by atoms with van der Waals surface area (Å²) in [6.45, 7) is 3.50. The molecule has 0 rings (SSSR count). The SMILES string of the molecule is CCCCN(S(I)(I)I)S(I)(I)I. The Bertz CT molecular complexity index is 140. The van der Waals surface area contributed by atoms with E-state index in [0.29, 0.717) is 0 Å². The largest absolute Gasteiger partial charge is 0.181 e. The van der Waals surface area contributed by atoms with Crippen molar-refractivity contribution in [2.75, 3.05) is 6.54 Å². The van der Waals surface area contributed by atoms with Gasteiger partial charge < -0.3 is 0 Å². The molecular formula is C4H9I6NS2. The molecule has 0 N–H and O–H groups in total. The molecular weight excluding hydrogens is 888 g/mol. The van der Waals surface area contributed by atoms with E-state index in [1.165, 1.54) is 19.4 Å². The van der Waals surface area contributed by atoms with Crippen molar-refractivity contribution >= 4 is 131 Å². The summed E-state index contributed by atoms with van der Waals surface area (Å²) in [6, 6.07) is 0. The normalized spacial score (nSPS) is 16.3. The van der Waals surface area contributed by atoms with E-state index in [1.54, 1.807) is 0 Å². The summed E-state index contributed by atoms with van der Waals surface area (Å²) in [5.41, 5.74) is 0. The molecule has 0 aliphatic heterocycles. The highest BCUT2D eigenvalue weighted by atomic mass is 127. The van der Waals surface area contributed by atoms with Crippen molar-refractivity contribution in [3.8, 4) is 0 Å². The van der Waals surface area contributed by atoms with Crippen LogP contribution in [0.15, 0.2) is 0 Å². The lowest BCUT2D eigenvalue weighted by atomic mass is 10.3. The third-order valence-corrected chi connectivity index (χ3v) is 17.2. The van der Waals surface area contributed by atoms with E-state index < -0.39 is 3.46 Å². The third-order valence-electron chi connectivity index (χ3n) is 1.16. The van der Waals surface area contributed by atoms with Crippen LogP contribution in [-0.2, 0) is 0 Å². The molecule has 0 amide bonds. The maximum atomic E-state index is 2.67. The molecule has 0 spiro atoms. The molecule has 0 aliphatic carbocycles. The molecule has 0 fully saturated rings. The minimum Gasteiger partial charge on any atom is -0.181 e. The average molecular weight is 897 g/mol. The second-order valence-electron chi connectivity index (χ2n) is 2.17. The Kier molecular flexibility index (Phi) is 11.5. The van der Waals surface area contributed by atoms with Gasteiger partial charge in [-0.3, -0.25) is 0 Å². The van der Waals surface area contributed by atoms with Gasteiger partial charge in [-0.25, -0.2) is 0 Å². The molecule has 0 atom stereocenters. The molecule has 0 aromatic carbocycles. The summed E-state index contributed by atoms with van der Waals surface area (Å²) >= 11 is 15.6. The summed E-state index contributed by atoms with van der Waals surface area (Å²) < 4.78 is 1.40. The Morgan fingerprint density at radius 2 is 1.31 bits per heavy atom. The third kappa shape index (κ3) is 8.71. The zero-order chi connectivity index (χ0) is 10.7. The van der Waals surface area contributed by atoms with Gasteiger partial charge in [0.25, 0.3) is 0 Å². The van der Waals surface area contributed by atoms with Crippen LogP contribution >= 0.6 is 131 Å². The van der Waals surface area contributed by atoms with Crippen molar-refractivity contribution in [3.63, 3.8) is 0 Å². The van der Waals surface area contributed by atoms with E-state index in [9.17, 15) is 0 Å². The Labute approximate surface area is 156 Å². The maximum Gasteiger partial charge on any atom is 0.0213 e. The van der Waals surface area contributed by atoms with Gasteiger partial charge in [0.2, 0.25) is 0 Å². The van der Waals surface area contributed by atoms with Gasteiger partial charge >= 0.3 is 0 Å². The van der Waals surface area contributed by atoms with Crippen LogP contribution in [0, 0.1) is 0 Å². The molecule has 0 saturated carbocycles. The standard InChI is InChI=1S/C4H9I6NS2/c1-2-3-4-11(12(5,6)7)13(8,9)10/h2-4H2,1H3. The van der Waals surface area contributed by atoms with Crippen LogP contribution in [0.1, 0.15) is 19.8 Å². The Morgan fingerprint density at radius 1 is 0.923 bits per heavy atom. The summed E-state index contributed by atoms with van der Waals surface area (Å²) in [4.78, 5) is 0. The quantitative estimate of drug-likeness (QED) is 0.257. The summed E-state index contributed by atoms with van der Waals surface area (Å²) in [7, 11) is 0. The first-order chi connectivity index (χ1) is 5.69. The number of halogens is 6. The number of rotatable bonds is 5. The molecule has 0 unspecified atom stereocenters. The fraction of sp³-hybridized carbons (Fsp3) is 1.00. The van der Waals surface area contributed by atoms with Gasteiger partial charge in [0.05, 0.1) is 0 Å². The highest BCUT2D eigenvalue weighted by Gasteiger charge is 2.33. The number of hydrogen-bond acceptors (Lipinski definition) is 1. The van der Waals surface area contributed by atoms with E-state index in [-0.39, 0.29) is 0 Å². The van der Waals surface area contributed by atoms with Gasteiger partial charge in [-0.15, -0.1) is 0 Å². The predicted octanol–water partition coefficient (Wildman–Crippen LogP) is 7.63. The number of hydrogen-bond donors (Lipinski definition) is 0. The smallest absolute Gasteiger partial charge is 0.0213 e. The number of nitrogens with zero attached hydrogens (tertiary/aromatic N) is 1. The summed E-state index contributed by atoms with van der Waals surface area (Å²) in [6.07, 6.45) is 2.60. The molecule has 0 aliphatic rings. The van der Waals surface area contributed by atoms with Crippen molar-refractivity contribution < 1.29 is 0 Å². The molecule has 0 aromatic rings. The fourth-order valence-corrected chi connectivity index (χ4v) is 43.5. The van der Waals surface area contributed by atoms with Crippen LogP contribution < -0.4 is 0 Å². The number of unbranched alkanes of at least 4 members (excludes halogenated alkanes) is 1. The Balaban J connectivity index is 4.39. The topological polar surface area (TPSA) is 3.24 Å². The Hall–Kier alpha value is 5.04. The maximum absolute atomic E-state index is 2.67. The van der Waals surface area contributed by atoms with Gasteiger partial charge in [-0.2, -0.15) is 3.71 Å². The molecule has 0 radical (unpaired) electrons. The van der Waals surface area contributed by atoms with Crippen molar-refractivity contribution in [1.29, 1.82) is 0 Å². The lowest BCUT2D eigenvalue weighted by Gasteiger charge is -2.41. The molecule has 9 heteroatoms. The van der Waals surface area contributed by atoms with Crippen molar-refractivity contribution in [2.45, 2.75) is 19.8 Å². The first-order valence-electron chi connectivity index (χ1n) is 3.31. The van der Waals surface area contributed by atoms with E-state index >= 15 is 0 Å². The van der Waals surface area contributed by atoms with E-state index in [0.717, 1.165) is 0 Å². The van der Waals surface area contributed by atoms with Gasteiger partial charge in [0.1, 0.15) is 0 Å². The predicted molar refractivity (Wildman–Crippen MR) is 121 cm³/mol. The molecule has 0 aromatic heterocycles. The zero-order valence-electron chi connectivity index (χ0n) is 6.65. The van der Waals surface area contributed by atoms with E-state index in [4.69, 9.17) is 0 Å². The van der Waals surface area contributed by atoms with Gasteiger partial charge in [-0.1, -0.05) is 13.3 Å².